The Balaban J connectivity index is 1.41. The zero-order valence-electron chi connectivity index (χ0n) is 22.3. The largest absolute Gasteiger partial charge is 0.444 e. The predicted molar refractivity (Wildman–Crippen MR) is 161 cm³/mol. The molecule has 2 atom stereocenters. The van der Waals surface area contributed by atoms with Crippen LogP contribution in [0.3, 0.4) is 0 Å². The van der Waals surface area contributed by atoms with Crippen molar-refractivity contribution < 1.29 is 19.1 Å². The number of rotatable bonds is 7. The van der Waals surface area contributed by atoms with E-state index in [2.05, 4.69) is 10.6 Å². The molecule has 1 aliphatic rings. The second-order valence-corrected chi connectivity index (χ2v) is 13.1. The number of carbonyl (C=O) groups is 3. The van der Waals surface area contributed by atoms with E-state index in [-0.39, 0.29) is 18.1 Å². The van der Waals surface area contributed by atoms with Crippen LogP contribution in [-0.2, 0) is 16.0 Å². The molecule has 10 heteroatoms. The van der Waals surface area contributed by atoms with Crippen molar-refractivity contribution in [2.75, 3.05) is 10.6 Å². The van der Waals surface area contributed by atoms with Crippen molar-refractivity contribution in [3.05, 3.63) is 93.0 Å². The summed E-state index contributed by atoms with van der Waals surface area (Å²) in [7, 11) is 0. The van der Waals surface area contributed by atoms with Gasteiger partial charge in [0.25, 0.3) is 0 Å². The summed E-state index contributed by atoms with van der Waals surface area (Å²) in [6, 6.07) is 17.0. The Bertz CT molecular complexity index is 1460. The second-order valence-electron chi connectivity index (χ2n) is 10.8. The highest BCUT2D eigenvalue weighted by atomic mass is 35.5. The molecule has 4 rings (SSSR count). The summed E-state index contributed by atoms with van der Waals surface area (Å²) >= 11 is 25.1. The highest BCUT2D eigenvalue weighted by molar-refractivity contribution is 6.53. The van der Waals surface area contributed by atoms with Crippen LogP contribution in [0, 0.1) is 12.8 Å². The highest BCUT2D eigenvalue weighted by Crippen LogP contribution is 2.65. The van der Waals surface area contributed by atoms with E-state index in [9.17, 15) is 14.4 Å². The van der Waals surface area contributed by atoms with Crippen LogP contribution < -0.4 is 10.6 Å². The number of hydrogen-bond donors (Lipinski definition) is 2. The standard InChI is InChI=1S/C30H28Cl4N2O4/c1-16-10-23(36-28(39)40-29(2,3)4)9-8-17(16)14-24(37)18-6-5-7-22(13-18)35-27(38)26-25(30(26,33)34)19-11-20(31)15-21(32)12-19/h5-13,15,25-26H,14H2,1-4H3,(H,35,38)(H,36,39). The third-order valence-corrected chi connectivity index (χ3v) is 7.75. The molecule has 1 aliphatic carbocycles. The first-order chi connectivity index (χ1) is 18.6. The van der Waals surface area contributed by atoms with Crippen molar-refractivity contribution in [2.24, 2.45) is 5.92 Å². The smallest absolute Gasteiger partial charge is 0.412 e. The summed E-state index contributed by atoms with van der Waals surface area (Å²) in [5.41, 5.74) is 3.17. The molecule has 210 valence electrons. The molecule has 3 aromatic rings. The van der Waals surface area contributed by atoms with E-state index in [1.165, 1.54) is 0 Å². The molecule has 3 aromatic carbocycles. The number of ether oxygens (including phenoxy) is 1. The molecule has 0 aliphatic heterocycles. The minimum Gasteiger partial charge on any atom is -0.444 e. The van der Waals surface area contributed by atoms with Crippen molar-refractivity contribution in [2.45, 2.75) is 50.0 Å². The van der Waals surface area contributed by atoms with Crippen LogP contribution in [0.25, 0.3) is 0 Å². The maximum Gasteiger partial charge on any atom is 0.412 e. The Labute approximate surface area is 253 Å². The monoisotopic (exact) mass is 620 g/mol. The van der Waals surface area contributed by atoms with Gasteiger partial charge in [0.2, 0.25) is 5.91 Å². The maximum atomic E-state index is 13.1. The molecule has 0 saturated heterocycles. The fraction of sp³-hybridized carbons (Fsp3) is 0.300. The summed E-state index contributed by atoms with van der Waals surface area (Å²) in [5, 5.41) is 6.37. The molecule has 0 spiro atoms. The van der Waals surface area contributed by atoms with E-state index in [1.807, 2.05) is 6.92 Å². The normalized spacial score (nSPS) is 17.6. The number of carbonyl (C=O) groups excluding carboxylic acids is 3. The summed E-state index contributed by atoms with van der Waals surface area (Å²) in [6.45, 7) is 7.23. The lowest BCUT2D eigenvalue weighted by Crippen LogP contribution is -2.27. The first-order valence-electron chi connectivity index (χ1n) is 12.5. The summed E-state index contributed by atoms with van der Waals surface area (Å²) < 4.78 is 3.97. The summed E-state index contributed by atoms with van der Waals surface area (Å²) in [5.74, 6) is -1.71. The molecule has 2 unspecified atom stereocenters. The van der Waals surface area contributed by atoms with Gasteiger partial charge in [-0.2, -0.15) is 0 Å². The number of anilines is 2. The zero-order valence-corrected chi connectivity index (χ0v) is 25.3. The Morgan fingerprint density at radius 3 is 2.17 bits per heavy atom. The Morgan fingerprint density at radius 2 is 1.55 bits per heavy atom. The van der Waals surface area contributed by atoms with Gasteiger partial charge in [-0.05, 0) is 86.8 Å². The minimum absolute atomic E-state index is 0.131. The number of Topliss-reactive ketones (excluding diaryl/α,β-unsaturated/α-hetero) is 1. The van der Waals surface area contributed by atoms with Gasteiger partial charge in [0.15, 0.2) is 5.78 Å². The molecular formula is C30H28Cl4N2O4. The Morgan fingerprint density at radius 1 is 0.900 bits per heavy atom. The van der Waals surface area contributed by atoms with Crippen LogP contribution in [0.2, 0.25) is 10.0 Å². The zero-order chi connectivity index (χ0) is 29.4. The van der Waals surface area contributed by atoms with E-state index in [0.29, 0.717) is 32.5 Å². The minimum atomic E-state index is -1.31. The van der Waals surface area contributed by atoms with Crippen LogP contribution in [0.4, 0.5) is 16.2 Å². The van der Waals surface area contributed by atoms with Crippen LogP contribution in [0.1, 0.15) is 53.7 Å². The lowest BCUT2D eigenvalue weighted by Gasteiger charge is -2.20. The van der Waals surface area contributed by atoms with Crippen LogP contribution in [-0.4, -0.2) is 27.7 Å². The number of halogens is 4. The van der Waals surface area contributed by atoms with Gasteiger partial charge in [0, 0.05) is 39.3 Å². The van der Waals surface area contributed by atoms with Crippen molar-refractivity contribution in [3.8, 4) is 0 Å². The Kier molecular flexibility index (Phi) is 8.77. The van der Waals surface area contributed by atoms with E-state index >= 15 is 0 Å². The Hall–Kier alpha value is -2.77. The molecule has 2 amide bonds. The lowest BCUT2D eigenvalue weighted by atomic mass is 9.98. The van der Waals surface area contributed by atoms with Crippen LogP contribution >= 0.6 is 46.4 Å². The molecule has 0 radical (unpaired) electrons. The molecule has 0 bridgehead atoms. The van der Waals surface area contributed by atoms with Crippen LogP contribution in [0.5, 0.6) is 0 Å². The van der Waals surface area contributed by atoms with Gasteiger partial charge in [-0.1, -0.05) is 41.4 Å². The first-order valence-corrected chi connectivity index (χ1v) is 14.0. The number of aryl methyl sites for hydroxylation is 1. The summed E-state index contributed by atoms with van der Waals surface area (Å²) in [6.07, 6.45) is -0.410. The van der Waals surface area contributed by atoms with Gasteiger partial charge < -0.3 is 10.1 Å². The second kappa shape index (κ2) is 11.6. The van der Waals surface area contributed by atoms with Gasteiger partial charge in [0.05, 0.1) is 5.92 Å². The van der Waals surface area contributed by atoms with Gasteiger partial charge in [-0.15, -0.1) is 23.2 Å². The molecule has 6 nitrogen and oxygen atoms in total. The topological polar surface area (TPSA) is 84.5 Å². The van der Waals surface area contributed by atoms with E-state index in [1.54, 1.807) is 81.4 Å². The van der Waals surface area contributed by atoms with Crippen LogP contribution in [0.15, 0.2) is 60.7 Å². The van der Waals surface area contributed by atoms with Crippen molar-refractivity contribution >= 4 is 75.6 Å². The summed E-state index contributed by atoms with van der Waals surface area (Å²) in [4.78, 5) is 38.2. The molecule has 0 heterocycles. The van der Waals surface area contributed by atoms with Crippen molar-refractivity contribution in [1.82, 2.24) is 0 Å². The van der Waals surface area contributed by atoms with E-state index in [0.717, 1.165) is 11.1 Å². The highest BCUT2D eigenvalue weighted by Gasteiger charge is 2.67. The number of benzene rings is 3. The number of amides is 2. The predicted octanol–water partition coefficient (Wildman–Crippen LogP) is 8.60. The van der Waals surface area contributed by atoms with Crippen molar-refractivity contribution in [1.29, 1.82) is 0 Å². The SMILES string of the molecule is Cc1cc(NC(=O)OC(C)(C)C)ccc1CC(=O)c1cccc(NC(=O)C2C(c3cc(Cl)cc(Cl)c3)C2(Cl)Cl)c1. The van der Waals surface area contributed by atoms with Gasteiger partial charge in [0.1, 0.15) is 9.93 Å². The van der Waals surface area contributed by atoms with E-state index in [4.69, 9.17) is 51.1 Å². The molecule has 1 saturated carbocycles. The number of hydrogen-bond acceptors (Lipinski definition) is 4. The first kappa shape index (κ1) is 30.2. The van der Waals surface area contributed by atoms with Gasteiger partial charge in [-0.3, -0.25) is 14.9 Å². The number of nitrogens with one attached hydrogen (secondary N) is 2. The van der Waals surface area contributed by atoms with Gasteiger partial charge >= 0.3 is 6.09 Å². The molecule has 1 fully saturated rings. The fourth-order valence-electron chi connectivity index (χ4n) is 4.48. The maximum absolute atomic E-state index is 13.1. The third kappa shape index (κ3) is 7.29. The lowest BCUT2D eigenvalue weighted by molar-refractivity contribution is -0.117. The average molecular weight is 622 g/mol. The molecule has 2 N–H and O–H groups in total. The third-order valence-electron chi connectivity index (χ3n) is 6.37. The number of ketones is 1. The molecule has 0 aromatic heterocycles. The van der Waals surface area contributed by atoms with Crippen molar-refractivity contribution in [3.63, 3.8) is 0 Å². The molecular weight excluding hydrogens is 594 g/mol. The number of alkyl halides is 2. The quantitative estimate of drug-likeness (QED) is 0.204. The fourth-order valence-corrected chi connectivity index (χ4v) is 5.85. The molecule has 40 heavy (non-hydrogen) atoms. The van der Waals surface area contributed by atoms with E-state index < -0.39 is 27.9 Å². The average Bonchev–Trinajstić information content (AvgIpc) is 3.41. The van der Waals surface area contributed by atoms with Gasteiger partial charge in [-0.25, -0.2) is 4.79 Å².